The fourth-order valence-electron chi connectivity index (χ4n) is 3.59. The summed E-state index contributed by atoms with van der Waals surface area (Å²) in [7, 11) is 1.67. The summed E-state index contributed by atoms with van der Waals surface area (Å²) >= 11 is 0. The van der Waals surface area contributed by atoms with Crippen LogP contribution in [0.4, 0.5) is 27.1 Å². The zero-order valence-corrected chi connectivity index (χ0v) is 19.8. The minimum atomic E-state index is -0.330. The number of carbonyl (C=O) groups is 1. The fourth-order valence-corrected chi connectivity index (χ4v) is 3.59. The number of aromatic nitrogens is 1. The smallest absolute Gasteiger partial charge is 0.255 e. The molecule has 0 fully saturated rings. The standard InChI is InChI=1S/C29H24FN5O/c1-4-22(13-15-31-3)33-24-10-12-26(19(2)17-24)35-29(36)20-5-8-23(9-6-20)34-28-14-16-32-27-11-7-21(30)18-25(27)28/h1,5-18,33H,2-3H3,(H,32,34)(H,35,36)/b22-13+,31-15?. The van der Waals surface area contributed by atoms with Gasteiger partial charge < -0.3 is 16.0 Å². The van der Waals surface area contributed by atoms with Crippen LogP contribution >= 0.6 is 0 Å². The zero-order valence-electron chi connectivity index (χ0n) is 19.8. The minimum absolute atomic E-state index is 0.231. The number of halogens is 1. The Morgan fingerprint density at radius 2 is 1.78 bits per heavy atom. The molecule has 0 unspecified atom stereocenters. The van der Waals surface area contributed by atoms with Crippen LogP contribution in [0.3, 0.4) is 0 Å². The number of aliphatic imine (C=N–C) groups is 1. The SMILES string of the molecule is C#C/C(=C\C=NC)Nc1ccc(NC(=O)c2ccc(Nc3ccnc4ccc(F)cc34)cc2)c(C)c1. The number of fused-ring (bicyclic) bond motifs is 1. The molecule has 4 aromatic rings. The van der Waals surface area contributed by atoms with Crippen LogP contribution in [0.5, 0.6) is 0 Å². The highest BCUT2D eigenvalue weighted by Crippen LogP contribution is 2.26. The number of anilines is 4. The van der Waals surface area contributed by atoms with Crippen molar-refractivity contribution < 1.29 is 9.18 Å². The number of hydrogen-bond donors (Lipinski definition) is 3. The Balaban J connectivity index is 1.44. The third-order valence-corrected chi connectivity index (χ3v) is 5.43. The van der Waals surface area contributed by atoms with Crippen LogP contribution < -0.4 is 16.0 Å². The molecule has 0 bridgehead atoms. The first kappa shape index (κ1) is 24.2. The molecule has 0 saturated carbocycles. The predicted octanol–water partition coefficient (Wildman–Crippen LogP) is 6.31. The topological polar surface area (TPSA) is 78.4 Å². The maximum absolute atomic E-state index is 13.7. The number of pyridine rings is 1. The van der Waals surface area contributed by atoms with Crippen LogP contribution in [0.15, 0.2) is 89.7 Å². The molecule has 1 heterocycles. The van der Waals surface area contributed by atoms with E-state index in [-0.39, 0.29) is 11.7 Å². The number of benzene rings is 3. The summed E-state index contributed by atoms with van der Waals surface area (Å²) in [5.74, 6) is 2.01. The number of rotatable bonds is 7. The first-order valence-corrected chi connectivity index (χ1v) is 11.2. The summed E-state index contributed by atoms with van der Waals surface area (Å²) in [6, 6.07) is 18.9. The number of hydrogen-bond acceptors (Lipinski definition) is 5. The van der Waals surface area contributed by atoms with Crippen molar-refractivity contribution in [2.45, 2.75) is 6.92 Å². The van der Waals surface area contributed by atoms with Gasteiger partial charge in [-0.25, -0.2) is 4.39 Å². The Morgan fingerprint density at radius 3 is 2.50 bits per heavy atom. The van der Waals surface area contributed by atoms with Gasteiger partial charge in [0.05, 0.1) is 11.2 Å². The van der Waals surface area contributed by atoms with E-state index in [0.717, 1.165) is 22.6 Å². The number of nitrogens with one attached hydrogen (secondary N) is 3. The average molecular weight is 478 g/mol. The molecule has 0 atom stereocenters. The largest absolute Gasteiger partial charge is 0.355 e. The summed E-state index contributed by atoms with van der Waals surface area (Å²) in [6.45, 7) is 1.91. The number of allylic oxidation sites excluding steroid dienone is 2. The Labute approximate surface area is 209 Å². The zero-order chi connectivity index (χ0) is 25.5. The van der Waals surface area contributed by atoms with Crippen LogP contribution in [0, 0.1) is 25.1 Å². The van der Waals surface area contributed by atoms with Gasteiger partial charge in [0, 0.05) is 53.2 Å². The Bertz CT molecular complexity index is 1520. The van der Waals surface area contributed by atoms with Crippen molar-refractivity contribution in [2.75, 3.05) is 23.0 Å². The van der Waals surface area contributed by atoms with E-state index in [1.165, 1.54) is 12.1 Å². The summed E-state index contributed by atoms with van der Waals surface area (Å²) < 4.78 is 13.7. The molecule has 7 heteroatoms. The van der Waals surface area contributed by atoms with Crippen molar-refractivity contribution in [3.05, 3.63) is 102 Å². The third-order valence-electron chi connectivity index (χ3n) is 5.43. The number of terminal acetylenes is 1. The summed E-state index contributed by atoms with van der Waals surface area (Å²) in [6.07, 6.45) is 10.5. The lowest BCUT2D eigenvalue weighted by atomic mass is 10.1. The summed E-state index contributed by atoms with van der Waals surface area (Å²) in [5.41, 5.74) is 5.64. The van der Waals surface area contributed by atoms with Crippen molar-refractivity contribution in [2.24, 2.45) is 4.99 Å². The highest BCUT2D eigenvalue weighted by Gasteiger charge is 2.10. The highest BCUT2D eigenvalue weighted by atomic mass is 19.1. The second kappa shape index (κ2) is 11.0. The van der Waals surface area contributed by atoms with E-state index in [1.807, 2.05) is 25.1 Å². The second-order valence-electron chi connectivity index (χ2n) is 7.96. The molecule has 4 rings (SSSR count). The third kappa shape index (κ3) is 5.75. The van der Waals surface area contributed by atoms with Crippen molar-refractivity contribution in [1.29, 1.82) is 0 Å². The molecule has 3 aromatic carbocycles. The molecular formula is C29H24FN5O. The normalized spacial score (nSPS) is 11.3. The van der Waals surface area contributed by atoms with Gasteiger partial charge in [0.15, 0.2) is 0 Å². The molecule has 6 nitrogen and oxygen atoms in total. The lowest BCUT2D eigenvalue weighted by Gasteiger charge is -2.13. The highest BCUT2D eigenvalue weighted by molar-refractivity contribution is 6.05. The van der Waals surface area contributed by atoms with Gasteiger partial charge in [0.25, 0.3) is 5.91 Å². The molecule has 0 spiro atoms. The van der Waals surface area contributed by atoms with E-state index in [0.29, 0.717) is 27.9 Å². The van der Waals surface area contributed by atoms with Crippen LogP contribution in [-0.4, -0.2) is 24.2 Å². The van der Waals surface area contributed by atoms with Gasteiger partial charge in [-0.2, -0.15) is 0 Å². The van der Waals surface area contributed by atoms with Gasteiger partial charge in [-0.1, -0.05) is 5.92 Å². The molecule has 0 radical (unpaired) electrons. The molecule has 0 aliphatic rings. The van der Waals surface area contributed by atoms with Crippen molar-refractivity contribution >= 4 is 45.8 Å². The van der Waals surface area contributed by atoms with Gasteiger partial charge in [0.2, 0.25) is 0 Å². The van der Waals surface area contributed by atoms with E-state index in [2.05, 4.69) is 31.8 Å². The van der Waals surface area contributed by atoms with Crippen molar-refractivity contribution in [3.63, 3.8) is 0 Å². The number of amides is 1. The second-order valence-corrected chi connectivity index (χ2v) is 7.96. The molecular weight excluding hydrogens is 453 g/mol. The van der Waals surface area contributed by atoms with Gasteiger partial charge in [-0.3, -0.25) is 14.8 Å². The maximum atomic E-state index is 13.7. The summed E-state index contributed by atoms with van der Waals surface area (Å²) in [5, 5.41) is 10.0. The lowest BCUT2D eigenvalue weighted by Crippen LogP contribution is -2.13. The first-order chi connectivity index (χ1) is 17.5. The van der Waals surface area contributed by atoms with Crippen LogP contribution in [0.1, 0.15) is 15.9 Å². The molecule has 1 amide bonds. The fraction of sp³-hybridized carbons (Fsp3) is 0.0690. The molecule has 0 aliphatic carbocycles. The number of carbonyl (C=O) groups excluding carboxylic acids is 1. The van der Waals surface area contributed by atoms with Crippen LogP contribution in [0.25, 0.3) is 10.9 Å². The Hall–Kier alpha value is -4.96. The van der Waals surface area contributed by atoms with Crippen LogP contribution in [0.2, 0.25) is 0 Å². The van der Waals surface area contributed by atoms with E-state index < -0.39 is 0 Å². The van der Waals surface area contributed by atoms with Gasteiger partial charge >= 0.3 is 0 Å². The van der Waals surface area contributed by atoms with E-state index in [9.17, 15) is 9.18 Å². The quantitative estimate of drug-likeness (QED) is 0.215. The lowest BCUT2D eigenvalue weighted by molar-refractivity contribution is 0.102. The Kier molecular flexibility index (Phi) is 7.37. The summed E-state index contributed by atoms with van der Waals surface area (Å²) in [4.78, 5) is 21.0. The van der Waals surface area contributed by atoms with Crippen molar-refractivity contribution in [1.82, 2.24) is 4.98 Å². The molecule has 0 saturated heterocycles. The monoisotopic (exact) mass is 477 g/mol. The number of aryl methyl sites for hydroxylation is 1. The van der Waals surface area contributed by atoms with Gasteiger partial charge in [0.1, 0.15) is 5.82 Å². The molecule has 3 N–H and O–H groups in total. The van der Waals surface area contributed by atoms with Crippen LogP contribution in [-0.2, 0) is 0 Å². The molecule has 178 valence electrons. The van der Waals surface area contributed by atoms with Crippen molar-refractivity contribution in [3.8, 4) is 12.3 Å². The molecule has 36 heavy (non-hydrogen) atoms. The molecule has 0 aliphatic heterocycles. The molecule has 1 aromatic heterocycles. The van der Waals surface area contributed by atoms with E-state index in [1.54, 1.807) is 61.9 Å². The predicted molar refractivity (Wildman–Crippen MR) is 146 cm³/mol. The number of nitrogens with zero attached hydrogens (tertiary/aromatic N) is 2. The van der Waals surface area contributed by atoms with Gasteiger partial charge in [-0.05, 0) is 85.3 Å². The van der Waals surface area contributed by atoms with Gasteiger partial charge in [-0.15, -0.1) is 6.42 Å². The maximum Gasteiger partial charge on any atom is 0.255 e. The van der Waals surface area contributed by atoms with E-state index >= 15 is 0 Å². The average Bonchev–Trinajstić information content (AvgIpc) is 2.88. The van der Waals surface area contributed by atoms with E-state index in [4.69, 9.17) is 6.42 Å². The Morgan fingerprint density at radius 1 is 1.00 bits per heavy atom. The minimum Gasteiger partial charge on any atom is -0.355 e. The first-order valence-electron chi connectivity index (χ1n) is 11.2.